The Labute approximate surface area is 117 Å². The average Bonchev–Trinajstić information content (AvgIpc) is 2.46. The molecule has 6 nitrogen and oxygen atoms in total. The maximum Gasteiger partial charge on any atom is 0.132 e. The quantitative estimate of drug-likeness (QED) is 0.864. The van der Waals surface area contributed by atoms with Crippen molar-refractivity contribution in [3.8, 4) is 6.07 Å². The highest BCUT2D eigenvalue weighted by atomic mass is 15.1. The van der Waals surface area contributed by atoms with Crippen LogP contribution in [0.4, 0.5) is 11.6 Å². The molecule has 2 heterocycles. The molecule has 0 aliphatic heterocycles. The SMILES string of the molecule is CC(C)(C#N)Nc1cc(NCc2ccccn2)ncn1. The Morgan fingerprint density at radius 1 is 1.20 bits per heavy atom. The maximum atomic E-state index is 9.00. The number of pyridine rings is 1. The molecule has 0 amide bonds. The minimum absolute atomic E-state index is 0.582. The second kappa shape index (κ2) is 5.97. The van der Waals surface area contributed by atoms with E-state index in [4.69, 9.17) is 5.26 Å². The monoisotopic (exact) mass is 268 g/mol. The first-order valence-electron chi connectivity index (χ1n) is 6.24. The van der Waals surface area contributed by atoms with E-state index in [2.05, 4.69) is 31.7 Å². The fourth-order valence-corrected chi connectivity index (χ4v) is 1.55. The van der Waals surface area contributed by atoms with E-state index in [1.165, 1.54) is 6.33 Å². The molecule has 0 unspecified atom stereocenters. The molecule has 0 fully saturated rings. The molecular formula is C14H16N6. The molecule has 0 radical (unpaired) electrons. The fraction of sp³-hybridized carbons (Fsp3) is 0.286. The molecule has 6 heteroatoms. The lowest BCUT2D eigenvalue weighted by atomic mass is 10.1. The topological polar surface area (TPSA) is 86.5 Å². The van der Waals surface area contributed by atoms with E-state index in [0.717, 1.165) is 5.69 Å². The van der Waals surface area contributed by atoms with Gasteiger partial charge in [0.2, 0.25) is 0 Å². The van der Waals surface area contributed by atoms with E-state index in [-0.39, 0.29) is 0 Å². The van der Waals surface area contributed by atoms with Crippen LogP contribution in [0.2, 0.25) is 0 Å². The highest BCUT2D eigenvalue weighted by molar-refractivity contribution is 5.48. The van der Waals surface area contributed by atoms with Gasteiger partial charge in [-0.2, -0.15) is 5.26 Å². The molecule has 2 N–H and O–H groups in total. The molecule has 2 aromatic rings. The molecule has 0 saturated carbocycles. The maximum absolute atomic E-state index is 9.00. The Bertz CT molecular complexity index is 603. The first kappa shape index (κ1) is 13.7. The summed E-state index contributed by atoms with van der Waals surface area (Å²) in [4.78, 5) is 12.5. The summed E-state index contributed by atoms with van der Waals surface area (Å²) in [6, 6.07) is 9.68. The largest absolute Gasteiger partial charge is 0.364 e. The van der Waals surface area contributed by atoms with Crippen molar-refractivity contribution in [3.05, 3.63) is 42.5 Å². The van der Waals surface area contributed by atoms with Crippen molar-refractivity contribution < 1.29 is 0 Å². The highest BCUT2D eigenvalue weighted by Crippen LogP contribution is 2.14. The molecule has 0 aliphatic rings. The average molecular weight is 268 g/mol. The number of hydrogen-bond donors (Lipinski definition) is 2. The zero-order valence-corrected chi connectivity index (χ0v) is 11.5. The van der Waals surface area contributed by atoms with Gasteiger partial charge in [-0.25, -0.2) is 9.97 Å². The lowest BCUT2D eigenvalue weighted by Crippen LogP contribution is -2.29. The molecule has 102 valence electrons. The Morgan fingerprint density at radius 3 is 2.70 bits per heavy atom. The smallest absolute Gasteiger partial charge is 0.132 e. The molecule has 2 rings (SSSR count). The molecule has 2 aromatic heterocycles. The molecule has 0 bridgehead atoms. The fourth-order valence-electron chi connectivity index (χ4n) is 1.55. The van der Waals surface area contributed by atoms with E-state index in [1.807, 2.05) is 18.2 Å². The first-order chi connectivity index (χ1) is 9.59. The van der Waals surface area contributed by atoms with Crippen molar-refractivity contribution in [2.24, 2.45) is 0 Å². The van der Waals surface area contributed by atoms with Crippen LogP contribution in [0.3, 0.4) is 0 Å². The number of nitrogens with one attached hydrogen (secondary N) is 2. The summed E-state index contributed by atoms with van der Waals surface area (Å²) in [5.41, 5.74) is 0.255. The Hall–Kier alpha value is -2.68. The predicted octanol–water partition coefficient (Wildman–Crippen LogP) is 2.20. The second-order valence-electron chi connectivity index (χ2n) is 4.82. The van der Waals surface area contributed by atoms with E-state index >= 15 is 0 Å². The first-order valence-corrected chi connectivity index (χ1v) is 6.24. The van der Waals surface area contributed by atoms with Gasteiger partial charge in [0.05, 0.1) is 18.3 Å². The van der Waals surface area contributed by atoms with Crippen LogP contribution < -0.4 is 10.6 Å². The van der Waals surface area contributed by atoms with Crippen molar-refractivity contribution in [2.45, 2.75) is 25.9 Å². The molecule has 0 aromatic carbocycles. The van der Waals surface area contributed by atoms with Gasteiger partial charge in [-0.3, -0.25) is 4.98 Å². The van der Waals surface area contributed by atoms with E-state index in [9.17, 15) is 0 Å². The van der Waals surface area contributed by atoms with Crippen LogP contribution in [0.5, 0.6) is 0 Å². The lowest BCUT2D eigenvalue weighted by Gasteiger charge is -2.18. The number of rotatable bonds is 5. The zero-order valence-electron chi connectivity index (χ0n) is 11.5. The Kier molecular flexibility index (Phi) is 4.11. The van der Waals surface area contributed by atoms with Gasteiger partial charge >= 0.3 is 0 Å². The third-order valence-corrected chi connectivity index (χ3v) is 2.56. The van der Waals surface area contributed by atoms with Gasteiger partial charge in [-0.05, 0) is 26.0 Å². The van der Waals surface area contributed by atoms with Crippen LogP contribution in [-0.2, 0) is 6.54 Å². The third kappa shape index (κ3) is 3.92. The summed E-state index contributed by atoms with van der Waals surface area (Å²) in [6.07, 6.45) is 3.20. The summed E-state index contributed by atoms with van der Waals surface area (Å²) in [5.74, 6) is 1.29. The third-order valence-electron chi connectivity index (χ3n) is 2.56. The molecule has 0 aliphatic carbocycles. The minimum atomic E-state index is -0.674. The van der Waals surface area contributed by atoms with Gasteiger partial charge in [0.15, 0.2) is 0 Å². The van der Waals surface area contributed by atoms with Gasteiger partial charge in [0.25, 0.3) is 0 Å². The highest BCUT2D eigenvalue weighted by Gasteiger charge is 2.16. The Balaban J connectivity index is 2.02. The van der Waals surface area contributed by atoms with Gasteiger partial charge < -0.3 is 10.6 Å². The van der Waals surface area contributed by atoms with Crippen molar-refractivity contribution in [1.29, 1.82) is 5.26 Å². The van der Waals surface area contributed by atoms with Crippen LogP contribution in [0.15, 0.2) is 36.8 Å². The van der Waals surface area contributed by atoms with Crippen molar-refractivity contribution in [2.75, 3.05) is 10.6 Å². The van der Waals surface area contributed by atoms with Crippen LogP contribution in [-0.4, -0.2) is 20.5 Å². The number of nitriles is 1. The number of hydrogen-bond acceptors (Lipinski definition) is 6. The summed E-state index contributed by atoms with van der Waals surface area (Å²) in [7, 11) is 0. The van der Waals surface area contributed by atoms with Gasteiger partial charge in [-0.15, -0.1) is 0 Å². The summed E-state index contributed by atoms with van der Waals surface area (Å²) >= 11 is 0. The molecule has 0 spiro atoms. The van der Waals surface area contributed by atoms with Gasteiger partial charge in [0.1, 0.15) is 23.5 Å². The molecule has 20 heavy (non-hydrogen) atoms. The van der Waals surface area contributed by atoms with E-state index in [0.29, 0.717) is 18.2 Å². The second-order valence-corrected chi connectivity index (χ2v) is 4.82. The van der Waals surface area contributed by atoms with Crippen molar-refractivity contribution >= 4 is 11.6 Å². The standard InChI is InChI=1S/C14H16N6/c1-14(2,9-15)20-13-7-12(18-10-19-13)17-8-11-5-3-4-6-16-11/h3-7,10H,8H2,1-2H3,(H2,17,18,19,20). The Morgan fingerprint density at radius 2 is 2.00 bits per heavy atom. The van der Waals surface area contributed by atoms with Gasteiger partial charge in [-0.1, -0.05) is 6.07 Å². The van der Waals surface area contributed by atoms with Crippen LogP contribution >= 0.6 is 0 Å². The van der Waals surface area contributed by atoms with E-state index in [1.54, 1.807) is 26.1 Å². The predicted molar refractivity (Wildman–Crippen MR) is 76.9 cm³/mol. The van der Waals surface area contributed by atoms with Crippen molar-refractivity contribution in [3.63, 3.8) is 0 Å². The lowest BCUT2D eigenvalue weighted by molar-refractivity contribution is 0.723. The number of nitrogens with zero attached hydrogens (tertiary/aromatic N) is 4. The van der Waals surface area contributed by atoms with Crippen LogP contribution in [0.1, 0.15) is 19.5 Å². The number of aromatic nitrogens is 3. The molecular weight excluding hydrogens is 252 g/mol. The van der Waals surface area contributed by atoms with Gasteiger partial charge in [0, 0.05) is 12.3 Å². The summed E-state index contributed by atoms with van der Waals surface area (Å²) < 4.78 is 0. The normalized spacial score (nSPS) is 10.7. The summed E-state index contributed by atoms with van der Waals surface area (Å²) in [6.45, 7) is 4.16. The van der Waals surface area contributed by atoms with Crippen LogP contribution in [0, 0.1) is 11.3 Å². The molecule has 0 saturated heterocycles. The van der Waals surface area contributed by atoms with Crippen LogP contribution in [0.25, 0.3) is 0 Å². The minimum Gasteiger partial charge on any atom is -0.364 e. The number of anilines is 2. The molecule has 0 atom stereocenters. The van der Waals surface area contributed by atoms with Crippen molar-refractivity contribution in [1.82, 2.24) is 15.0 Å². The van der Waals surface area contributed by atoms with E-state index < -0.39 is 5.54 Å². The summed E-state index contributed by atoms with van der Waals surface area (Å²) in [5, 5.41) is 15.2. The zero-order chi connectivity index (χ0) is 14.4.